The summed E-state index contributed by atoms with van der Waals surface area (Å²) in [6, 6.07) is 14.3. The summed E-state index contributed by atoms with van der Waals surface area (Å²) in [5.41, 5.74) is 1.30. The van der Waals surface area contributed by atoms with Crippen LogP contribution >= 0.6 is 0 Å². The van der Waals surface area contributed by atoms with Crippen molar-refractivity contribution in [2.24, 2.45) is 0 Å². The van der Waals surface area contributed by atoms with Crippen LogP contribution < -0.4 is 9.47 Å². The molecule has 6 nitrogen and oxygen atoms in total. The van der Waals surface area contributed by atoms with Crippen molar-refractivity contribution in [3.05, 3.63) is 59.7 Å². The first-order valence-corrected chi connectivity index (χ1v) is 8.40. The van der Waals surface area contributed by atoms with Gasteiger partial charge in [-0.3, -0.25) is 0 Å². The van der Waals surface area contributed by atoms with Crippen LogP contribution in [0.3, 0.4) is 0 Å². The summed E-state index contributed by atoms with van der Waals surface area (Å²) >= 11 is 0. The smallest absolute Gasteiger partial charge is 0.344 e. The van der Waals surface area contributed by atoms with Crippen LogP contribution in [-0.2, 0) is 20.9 Å². The highest BCUT2D eigenvalue weighted by Gasteiger charge is 2.14. The predicted molar refractivity (Wildman–Crippen MR) is 95.3 cm³/mol. The van der Waals surface area contributed by atoms with E-state index in [9.17, 15) is 9.59 Å². The molecule has 2 aromatic rings. The minimum atomic E-state index is -0.497. The first-order valence-electron chi connectivity index (χ1n) is 8.40. The second-order valence-electron chi connectivity index (χ2n) is 5.25. The Kier molecular flexibility index (Phi) is 7.49. The third-order valence-electron chi connectivity index (χ3n) is 3.34. The van der Waals surface area contributed by atoms with Gasteiger partial charge in [0.2, 0.25) is 0 Å². The fraction of sp³-hybridized carbons (Fsp3) is 0.300. The fourth-order valence-electron chi connectivity index (χ4n) is 2.16. The summed E-state index contributed by atoms with van der Waals surface area (Å²) in [4.78, 5) is 23.5. The Hall–Kier alpha value is -3.02. The molecular formula is C20H22O6. The van der Waals surface area contributed by atoms with E-state index in [4.69, 9.17) is 18.9 Å². The van der Waals surface area contributed by atoms with E-state index in [1.54, 1.807) is 26.0 Å². The summed E-state index contributed by atoms with van der Waals surface area (Å²) in [7, 11) is 0. The van der Waals surface area contributed by atoms with Gasteiger partial charge in [0.25, 0.3) is 0 Å². The zero-order valence-electron chi connectivity index (χ0n) is 14.9. The lowest BCUT2D eigenvalue weighted by molar-refractivity contribution is -0.145. The lowest BCUT2D eigenvalue weighted by Crippen LogP contribution is -2.15. The van der Waals surface area contributed by atoms with Crippen molar-refractivity contribution in [2.45, 2.75) is 20.5 Å². The number of carbonyl (C=O) groups excluding carboxylic acids is 2. The molecule has 0 amide bonds. The second-order valence-corrected chi connectivity index (χ2v) is 5.25. The van der Waals surface area contributed by atoms with Gasteiger partial charge in [-0.1, -0.05) is 30.3 Å². The summed E-state index contributed by atoms with van der Waals surface area (Å²) in [6.07, 6.45) is 0. The quantitative estimate of drug-likeness (QED) is 0.640. The highest BCUT2D eigenvalue weighted by atomic mass is 16.6. The monoisotopic (exact) mass is 358 g/mol. The van der Waals surface area contributed by atoms with Gasteiger partial charge in [-0.2, -0.15) is 0 Å². The molecule has 0 aliphatic rings. The molecule has 0 heterocycles. The molecule has 0 aromatic heterocycles. The molecule has 0 saturated heterocycles. The predicted octanol–water partition coefficient (Wildman–Crippen LogP) is 3.38. The molecular weight excluding hydrogens is 336 g/mol. The molecule has 26 heavy (non-hydrogen) atoms. The Morgan fingerprint density at radius 3 is 2.27 bits per heavy atom. The maximum absolute atomic E-state index is 11.9. The van der Waals surface area contributed by atoms with Gasteiger partial charge in [-0.15, -0.1) is 0 Å². The third kappa shape index (κ3) is 5.81. The van der Waals surface area contributed by atoms with Gasteiger partial charge in [-0.25, -0.2) is 9.59 Å². The van der Waals surface area contributed by atoms with Crippen LogP contribution in [0.5, 0.6) is 11.5 Å². The van der Waals surface area contributed by atoms with E-state index in [0.29, 0.717) is 17.9 Å². The van der Waals surface area contributed by atoms with E-state index in [0.717, 1.165) is 5.56 Å². The Morgan fingerprint density at radius 1 is 0.846 bits per heavy atom. The number of carbonyl (C=O) groups is 2. The van der Waals surface area contributed by atoms with Crippen LogP contribution in [0.25, 0.3) is 0 Å². The summed E-state index contributed by atoms with van der Waals surface area (Å²) in [5, 5.41) is 0. The molecule has 138 valence electrons. The van der Waals surface area contributed by atoms with Crippen molar-refractivity contribution in [3.63, 3.8) is 0 Å². The average Bonchev–Trinajstić information content (AvgIpc) is 2.66. The highest BCUT2D eigenvalue weighted by molar-refractivity contribution is 5.90. The van der Waals surface area contributed by atoms with Gasteiger partial charge >= 0.3 is 11.9 Å². The molecule has 0 N–H and O–H groups in total. The van der Waals surface area contributed by atoms with E-state index < -0.39 is 11.9 Å². The lowest BCUT2D eigenvalue weighted by Gasteiger charge is -2.14. The maximum Gasteiger partial charge on any atom is 0.344 e. The van der Waals surface area contributed by atoms with Crippen LogP contribution in [0.2, 0.25) is 0 Å². The van der Waals surface area contributed by atoms with Crippen molar-refractivity contribution in [2.75, 3.05) is 19.8 Å². The Morgan fingerprint density at radius 2 is 1.58 bits per heavy atom. The van der Waals surface area contributed by atoms with E-state index in [-0.39, 0.29) is 25.6 Å². The number of hydrogen-bond acceptors (Lipinski definition) is 6. The molecule has 0 radical (unpaired) electrons. The van der Waals surface area contributed by atoms with Crippen molar-refractivity contribution < 1.29 is 28.5 Å². The number of hydrogen-bond donors (Lipinski definition) is 0. The molecule has 2 aromatic carbocycles. The molecule has 0 bridgehead atoms. The van der Waals surface area contributed by atoms with Crippen molar-refractivity contribution >= 4 is 11.9 Å². The summed E-state index contributed by atoms with van der Waals surface area (Å²) in [6.45, 7) is 4.03. The number of benzene rings is 2. The van der Waals surface area contributed by atoms with Gasteiger partial charge in [0.05, 0.1) is 18.8 Å². The van der Waals surface area contributed by atoms with Gasteiger partial charge in [0.1, 0.15) is 6.61 Å². The van der Waals surface area contributed by atoms with Crippen LogP contribution in [0.15, 0.2) is 48.5 Å². The second kappa shape index (κ2) is 10.1. The van der Waals surface area contributed by atoms with Crippen molar-refractivity contribution in [1.82, 2.24) is 0 Å². The van der Waals surface area contributed by atoms with E-state index in [2.05, 4.69) is 0 Å². The standard InChI is InChI=1S/C20H22O6/c1-3-23-19(21)14-26-18-12-16(20(22)24-4-2)10-11-17(18)25-13-15-8-6-5-7-9-15/h5-12H,3-4,13-14H2,1-2H3. The lowest BCUT2D eigenvalue weighted by atomic mass is 10.2. The Bertz CT molecular complexity index is 726. The van der Waals surface area contributed by atoms with Crippen LogP contribution in [-0.4, -0.2) is 31.8 Å². The molecule has 0 saturated carbocycles. The molecule has 0 aliphatic carbocycles. The third-order valence-corrected chi connectivity index (χ3v) is 3.34. The minimum absolute atomic E-state index is 0.266. The Labute approximate surface area is 152 Å². The first-order chi connectivity index (χ1) is 12.6. The van der Waals surface area contributed by atoms with Crippen LogP contribution in [0.1, 0.15) is 29.8 Å². The molecule has 0 unspecified atom stereocenters. The van der Waals surface area contributed by atoms with Gasteiger partial charge < -0.3 is 18.9 Å². The number of rotatable bonds is 9. The highest BCUT2D eigenvalue weighted by Crippen LogP contribution is 2.29. The maximum atomic E-state index is 11.9. The molecule has 0 atom stereocenters. The SMILES string of the molecule is CCOC(=O)COc1cc(C(=O)OCC)ccc1OCc1ccccc1. The summed E-state index contributed by atoms with van der Waals surface area (Å²) in [5.74, 6) is -0.267. The Balaban J connectivity index is 2.15. The zero-order chi connectivity index (χ0) is 18.8. The topological polar surface area (TPSA) is 71.1 Å². The molecule has 0 aliphatic heterocycles. The van der Waals surface area contributed by atoms with E-state index in [1.165, 1.54) is 6.07 Å². The fourth-order valence-corrected chi connectivity index (χ4v) is 2.16. The van der Waals surface area contributed by atoms with Crippen LogP contribution in [0, 0.1) is 0 Å². The van der Waals surface area contributed by atoms with Gasteiger partial charge in [0, 0.05) is 0 Å². The molecule has 0 spiro atoms. The normalized spacial score (nSPS) is 10.1. The number of esters is 2. The van der Waals surface area contributed by atoms with E-state index >= 15 is 0 Å². The molecule has 6 heteroatoms. The van der Waals surface area contributed by atoms with E-state index in [1.807, 2.05) is 30.3 Å². The summed E-state index contributed by atoms with van der Waals surface area (Å²) < 4.78 is 21.1. The average molecular weight is 358 g/mol. The van der Waals surface area contributed by atoms with Crippen molar-refractivity contribution in [3.8, 4) is 11.5 Å². The zero-order valence-corrected chi connectivity index (χ0v) is 14.9. The number of ether oxygens (including phenoxy) is 4. The van der Waals surface area contributed by atoms with Gasteiger partial charge in [-0.05, 0) is 37.6 Å². The minimum Gasteiger partial charge on any atom is -0.485 e. The van der Waals surface area contributed by atoms with Crippen molar-refractivity contribution in [1.29, 1.82) is 0 Å². The molecule has 2 rings (SSSR count). The first kappa shape index (κ1) is 19.3. The van der Waals surface area contributed by atoms with Gasteiger partial charge in [0.15, 0.2) is 18.1 Å². The molecule has 0 fully saturated rings. The van der Waals surface area contributed by atoms with Crippen LogP contribution in [0.4, 0.5) is 0 Å². The largest absolute Gasteiger partial charge is 0.485 e.